The first kappa shape index (κ1) is 19.4. The first-order chi connectivity index (χ1) is 15.2. The van der Waals surface area contributed by atoms with Gasteiger partial charge in [0.1, 0.15) is 12.4 Å². The molecule has 1 aliphatic rings. The van der Waals surface area contributed by atoms with Gasteiger partial charge in [-0.1, -0.05) is 24.3 Å². The summed E-state index contributed by atoms with van der Waals surface area (Å²) in [5.74, 6) is 0.976. The predicted molar refractivity (Wildman–Crippen MR) is 117 cm³/mol. The van der Waals surface area contributed by atoms with Crippen molar-refractivity contribution in [3.05, 3.63) is 70.2 Å². The zero-order valence-corrected chi connectivity index (χ0v) is 17.7. The standard InChI is InChI=1S/C22H20N6O2S/c1-14-23-17(13-31-14)12-30-20-8-3-2-7-19(20)22(29)24-16-6-4-5-15(11-16)21-25-26-27-28(21)18-9-10-18/h2-8,11,13,18H,9-10,12H2,1H3,(H,24,29). The number of aryl methyl sites for hydroxylation is 1. The van der Waals surface area contributed by atoms with E-state index in [1.807, 2.05) is 53.4 Å². The molecule has 5 rings (SSSR count). The van der Waals surface area contributed by atoms with E-state index in [1.165, 1.54) is 0 Å². The second kappa shape index (κ2) is 8.27. The van der Waals surface area contributed by atoms with Gasteiger partial charge in [-0.05, 0) is 54.5 Å². The fraction of sp³-hybridized carbons (Fsp3) is 0.227. The maximum atomic E-state index is 13.0. The van der Waals surface area contributed by atoms with E-state index >= 15 is 0 Å². The average Bonchev–Trinajstić information content (AvgIpc) is 3.35. The van der Waals surface area contributed by atoms with Crippen LogP contribution in [0.25, 0.3) is 11.4 Å². The van der Waals surface area contributed by atoms with Crippen LogP contribution in [-0.2, 0) is 6.61 Å². The van der Waals surface area contributed by atoms with Gasteiger partial charge in [-0.2, -0.15) is 0 Å². The van der Waals surface area contributed by atoms with Gasteiger partial charge in [0.25, 0.3) is 5.91 Å². The molecule has 0 radical (unpaired) electrons. The average molecular weight is 433 g/mol. The van der Waals surface area contributed by atoms with Crippen molar-refractivity contribution >= 4 is 22.9 Å². The summed E-state index contributed by atoms with van der Waals surface area (Å²) in [6.07, 6.45) is 2.18. The number of amides is 1. The molecule has 156 valence electrons. The minimum absolute atomic E-state index is 0.246. The van der Waals surface area contributed by atoms with Crippen molar-refractivity contribution in [2.24, 2.45) is 0 Å². The van der Waals surface area contributed by atoms with Crippen LogP contribution in [0.1, 0.15) is 39.9 Å². The number of tetrazole rings is 1. The highest BCUT2D eigenvalue weighted by atomic mass is 32.1. The fourth-order valence-corrected chi connectivity index (χ4v) is 3.89. The summed E-state index contributed by atoms with van der Waals surface area (Å²) in [6, 6.07) is 15.1. The fourth-order valence-electron chi connectivity index (χ4n) is 3.29. The number of anilines is 1. The molecule has 1 N–H and O–H groups in total. The van der Waals surface area contributed by atoms with Crippen molar-refractivity contribution in [2.45, 2.75) is 32.4 Å². The maximum Gasteiger partial charge on any atom is 0.259 e. The number of nitrogens with one attached hydrogen (secondary N) is 1. The Morgan fingerprint density at radius 2 is 2.10 bits per heavy atom. The van der Waals surface area contributed by atoms with E-state index in [-0.39, 0.29) is 5.91 Å². The zero-order valence-electron chi connectivity index (χ0n) is 16.9. The number of carbonyl (C=O) groups is 1. The third-order valence-electron chi connectivity index (χ3n) is 4.94. The topological polar surface area (TPSA) is 94.8 Å². The molecule has 1 aliphatic carbocycles. The number of carbonyl (C=O) groups excluding carboxylic acids is 1. The van der Waals surface area contributed by atoms with Crippen molar-refractivity contribution in [3.8, 4) is 17.1 Å². The number of hydrogen-bond acceptors (Lipinski definition) is 7. The van der Waals surface area contributed by atoms with Gasteiger partial charge in [0.2, 0.25) is 0 Å². The summed E-state index contributed by atoms with van der Waals surface area (Å²) >= 11 is 1.57. The van der Waals surface area contributed by atoms with Gasteiger partial charge in [-0.25, -0.2) is 9.67 Å². The quantitative estimate of drug-likeness (QED) is 0.469. The largest absolute Gasteiger partial charge is 0.486 e. The summed E-state index contributed by atoms with van der Waals surface area (Å²) in [5, 5.41) is 18.0. The van der Waals surface area contributed by atoms with E-state index in [1.54, 1.807) is 23.5 Å². The molecule has 1 amide bonds. The van der Waals surface area contributed by atoms with Crippen LogP contribution in [0.4, 0.5) is 5.69 Å². The Balaban J connectivity index is 1.33. The molecule has 0 atom stereocenters. The number of thiazole rings is 1. The molecule has 0 aliphatic heterocycles. The second-order valence-electron chi connectivity index (χ2n) is 7.36. The molecule has 4 aromatic rings. The minimum atomic E-state index is -0.246. The molecule has 0 spiro atoms. The third kappa shape index (κ3) is 4.31. The van der Waals surface area contributed by atoms with E-state index in [0.29, 0.717) is 35.5 Å². The highest BCUT2D eigenvalue weighted by Gasteiger charge is 2.28. The molecular weight excluding hydrogens is 412 g/mol. The number of ether oxygens (including phenoxy) is 1. The van der Waals surface area contributed by atoms with Crippen LogP contribution >= 0.6 is 11.3 Å². The molecule has 8 nitrogen and oxygen atoms in total. The highest BCUT2D eigenvalue weighted by molar-refractivity contribution is 7.09. The lowest BCUT2D eigenvalue weighted by Crippen LogP contribution is -2.14. The molecule has 1 fully saturated rings. The highest BCUT2D eigenvalue weighted by Crippen LogP contribution is 2.36. The summed E-state index contributed by atoms with van der Waals surface area (Å²) < 4.78 is 7.73. The number of rotatable bonds is 7. The summed E-state index contributed by atoms with van der Waals surface area (Å²) in [5.41, 5.74) is 2.83. The number of aromatic nitrogens is 5. The molecule has 31 heavy (non-hydrogen) atoms. The van der Waals surface area contributed by atoms with E-state index in [4.69, 9.17) is 4.74 Å². The molecule has 2 heterocycles. The first-order valence-electron chi connectivity index (χ1n) is 10.00. The number of nitrogens with zero attached hydrogens (tertiary/aromatic N) is 5. The Hall–Kier alpha value is -3.59. The van der Waals surface area contributed by atoms with Gasteiger partial charge in [0.05, 0.1) is 22.3 Å². The summed E-state index contributed by atoms with van der Waals surface area (Å²) in [6.45, 7) is 2.26. The van der Waals surface area contributed by atoms with E-state index < -0.39 is 0 Å². The lowest BCUT2D eigenvalue weighted by Gasteiger charge is -2.12. The smallest absolute Gasteiger partial charge is 0.259 e. The molecule has 2 aromatic heterocycles. The van der Waals surface area contributed by atoms with Crippen LogP contribution < -0.4 is 10.1 Å². The molecule has 0 bridgehead atoms. The van der Waals surface area contributed by atoms with Gasteiger partial charge in [0, 0.05) is 16.6 Å². The maximum absolute atomic E-state index is 13.0. The van der Waals surface area contributed by atoms with Crippen LogP contribution in [0.2, 0.25) is 0 Å². The Morgan fingerprint density at radius 3 is 2.90 bits per heavy atom. The van der Waals surface area contributed by atoms with Gasteiger partial charge in [-0.3, -0.25) is 4.79 Å². The Morgan fingerprint density at radius 1 is 1.23 bits per heavy atom. The summed E-state index contributed by atoms with van der Waals surface area (Å²) in [4.78, 5) is 17.4. The third-order valence-corrected chi connectivity index (χ3v) is 5.76. The van der Waals surface area contributed by atoms with Gasteiger partial charge >= 0.3 is 0 Å². The SMILES string of the molecule is Cc1nc(COc2ccccc2C(=O)Nc2cccc(-c3nnnn3C3CC3)c2)cs1. The monoisotopic (exact) mass is 432 g/mol. The van der Waals surface area contributed by atoms with Gasteiger partial charge < -0.3 is 10.1 Å². The normalized spacial score (nSPS) is 13.2. The van der Waals surface area contributed by atoms with Crippen molar-refractivity contribution in [3.63, 3.8) is 0 Å². The van der Waals surface area contributed by atoms with Crippen LogP contribution in [0.3, 0.4) is 0 Å². The predicted octanol–water partition coefficient (Wildman–Crippen LogP) is 4.27. The van der Waals surface area contributed by atoms with Crippen LogP contribution in [0, 0.1) is 6.92 Å². The number of benzene rings is 2. The Labute approximate surface area is 182 Å². The van der Waals surface area contributed by atoms with Crippen LogP contribution in [0.15, 0.2) is 53.9 Å². The van der Waals surface area contributed by atoms with Crippen molar-refractivity contribution in [1.82, 2.24) is 25.2 Å². The van der Waals surface area contributed by atoms with Gasteiger partial charge in [-0.15, -0.1) is 16.4 Å². The van der Waals surface area contributed by atoms with E-state index in [2.05, 4.69) is 25.8 Å². The Kier molecular flexibility index (Phi) is 5.17. The minimum Gasteiger partial charge on any atom is -0.486 e. The molecule has 0 unspecified atom stereocenters. The molecule has 9 heteroatoms. The van der Waals surface area contributed by atoms with Crippen molar-refractivity contribution in [1.29, 1.82) is 0 Å². The lowest BCUT2D eigenvalue weighted by molar-refractivity contribution is 0.102. The molecule has 2 aromatic carbocycles. The van der Waals surface area contributed by atoms with E-state index in [9.17, 15) is 4.79 Å². The lowest BCUT2D eigenvalue weighted by atomic mass is 10.1. The van der Waals surface area contributed by atoms with Gasteiger partial charge in [0.15, 0.2) is 5.82 Å². The summed E-state index contributed by atoms with van der Waals surface area (Å²) in [7, 11) is 0. The second-order valence-corrected chi connectivity index (χ2v) is 8.42. The van der Waals surface area contributed by atoms with Crippen LogP contribution in [0.5, 0.6) is 5.75 Å². The molecular formula is C22H20N6O2S. The van der Waals surface area contributed by atoms with Crippen molar-refractivity contribution in [2.75, 3.05) is 5.32 Å². The van der Waals surface area contributed by atoms with Crippen molar-refractivity contribution < 1.29 is 9.53 Å². The molecule has 0 saturated heterocycles. The zero-order chi connectivity index (χ0) is 21.2. The van der Waals surface area contributed by atoms with Crippen LogP contribution in [-0.4, -0.2) is 31.1 Å². The number of para-hydroxylation sites is 1. The molecule has 1 saturated carbocycles. The Bertz CT molecular complexity index is 1230. The number of hydrogen-bond donors (Lipinski definition) is 1. The first-order valence-corrected chi connectivity index (χ1v) is 10.9. The van der Waals surface area contributed by atoms with E-state index in [0.717, 1.165) is 29.1 Å².